The van der Waals surface area contributed by atoms with Crippen LogP contribution in [0.25, 0.3) is 0 Å². The Hall–Kier alpha value is -1.06. The van der Waals surface area contributed by atoms with Gasteiger partial charge in [0.25, 0.3) is 0 Å². The van der Waals surface area contributed by atoms with Gasteiger partial charge in [-0.05, 0) is 12.1 Å². The van der Waals surface area contributed by atoms with E-state index in [1.807, 2.05) is 44.2 Å². The van der Waals surface area contributed by atoms with Gasteiger partial charge in [0.15, 0.2) is 0 Å². The molecule has 0 radical (unpaired) electrons. The van der Waals surface area contributed by atoms with Crippen LogP contribution in [0.2, 0.25) is 0 Å². The van der Waals surface area contributed by atoms with E-state index < -0.39 is 6.10 Å². The molecule has 0 saturated carbocycles. The Morgan fingerprint density at radius 1 is 1.27 bits per heavy atom. The highest BCUT2D eigenvalue weighted by molar-refractivity contribution is 5.20. The van der Waals surface area contributed by atoms with E-state index >= 15 is 0 Å². The van der Waals surface area contributed by atoms with E-state index in [9.17, 15) is 5.11 Å². The number of benzene rings is 1. The van der Waals surface area contributed by atoms with Crippen LogP contribution in [0.4, 0.5) is 0 Å². The fourth-order valence-corrected chi connectivity index (χ4v) is 1.14. The third-order valence-electron chi connectivity index (χ3n) is 1.95. The number of aliphatic hydroxyl groups is 1. The number of aliphatic hydroxyl groups excluding tert-OH is 1. The maximum atomic E-state index is 9.57. The van der Waals surface area contributed by atoms with Crippen LogP contribution in [0.3, 0.4) is 0 Å². The predicted molar refractivity (Wildman–Crippen MR) is 61.1 cm³/mol. The summed E-state index contributed by atoms with van der Waals surface area (Å²) in [4.78, 5) is 0. The lowest BCUT2D eigenvalue weighted by Gasteiger charge is -2.14. The molecule has 15 heavy (non-hydrogen) atoms. The summed E-state index contributed by atoms with van der Waals surface area (Å²) >= 11 is 0. The molecule has 0 amide bonds. The third kappa shape index (κ3) is 5.40. The first kappa shape index (κ1) is 12.0. The average Bonchev–Trinajstić information content (AvgIpc) is 2.25. The van der Waals surface area contributed by atoms with Crippen molar-refractivity contribution in [3.05, 3.63) is 30.3 Å². The molecule has 0 aromatic heterocycles. The average molecular weight is 209 g/mol. The molecule has 0 fully saturated rings. The van der Waals surface area contributed by atoms with Gasteiger partial charge < -0.3 is 15.2 Å². The Morgan fingerprint density at radius 2 is 1.93 bits per heavy atom. The van der Waals surface area contributed by atoms with Gasteiger partial charge in [0.05, 0.1) is 0 Å². The van der Waals surface area contributed by atoms with Crippen molar-refractivity contribution in [2.24, 2.45) is 0 Å². The Morgan fingerprint density at radius 3 is 2.53 bits per heavy atom. The molecule has 0 aliphatic heterocycles. The van der Waals surface area contributed by atoms with Gasteiger partial charge in [-0.3, -0.25) is 0 Å². The fraction of sp³-hybridized carbons (Fsp3) is 0.500. The lowest BCUT2D eigenvalue weighted by atomic mass is 10.3. The summed E-state index contributed by atoms with van der Waals surface area (Å²) in [5.41, 5.74) is 0. The number of rotatable bonds is 6. The minimum Gasteiger partial charge on any atom is -0.491 e. The molecule has 0 aliphatic carbocycles. The van der Waals surface area contributed by atoms with Gasteiger partial charge in [-0.2, -0.15) is 0 Å². The summed E-state index contributed by atoms with van der Waals surface area (Å²) < 4.78 is 5.41. The molecule has 0 saturated heterocycles. The van der Waals surface area contributed by atoms with Crippen molar-refractivity contribution in [3.8, 4) is 5.75 Å². The topological polar surface area (TPSA) is 41.5 Å². The molecule has 0 aliphatic rings. The second-order valence-corrected chi connectivity index (χ2v) is 3.84. The summed E-state index contributed by atoms with van der Waals surface area (Å²) in [5, 5.41) is 12.7. The Balaban J connectivity index is 2.19. The smallest absolute Gasteiger partial charge is 0.119 e. The van der Waals surface area contributed by atoms with Crippen LogP contribution in [-0.2, 0) is 0 Å². The standard InChI is InChI=1S/C12H19NO2/c1-10(2)13-8-11(14)9-15-12-6-4-3-5-7-12/h3-7,10-11,13-14H,8-9H2,1-2H3/t11-/m0/s1. The van der Waals surface area contributed by atoms with Crippen LogP contribution in [0, 0.1) is 0 Å². The summed E-state index contributed by atoms with van der Waals surface area (Å²) in [6, 6.07) is 9.90. The molecule has 0 spiro atoms. The van der Waals surface area contributed by atoms with E-state index in [1.54, 1.807) is 0 Å². The summed E-state index contributed by atoms with van der Waals surface area (Å²) in [6.45, 7) is 4.98. The number of nitrogens with one attached hydrogen (secondary N) is 1. The Kier molecular flexibility index (Phi) is 5.15. The molecule has 1 aromatic rings. The molecule has 3 nitrogen and oxygen atoms in total. The van der Waals surface area contributed by atoms with E-state index in [4.69, 9.17) is 4.74 Å². The molecule has 84 valence electrons. The van der Waals surface area contributed by atoms with Crippen molar-refractivity contribution in [2.45, 2.75) is 26.0 Å². The lowest BCUT2D eigenvalue weighted by Crippen LogP contribution is -2.35. The lowest BCUT2D eigenvalue weighted by molar-refractivity contribution is 0.104. The monoisotopic (exact) mass is 209 g/mol. The number of para-hydroxylation sites is 1. The van der Waals surface area contributed by atoms with Crippen molar-refractivity contribution in [1.29, 1.82) is 0 Å². The van der Waals surface area contributed by atoms with Gasteiger partial charge in [-0.1, -0.05) is 32.0 Å². The van der Waals surface area contributed by atoms with Crippen LogP contribution in [0.5, 0.6) is 5.75 Å². The maximum Gasteiger partial charge on any atom is 0.119 e. The van der Waals surface area contributed by atoms with Gasteiger partial charge in [0.1, 0.15) is 18.5 Å². The first-order valence-corrected chi connectivity index (χ1v) is 5.28. The molecule has 1 rings (SSSR count). The number of hydrogen-bond acceptors (Lipinski definition) is 3. The minimum atomic E-state index is -0.465. The second-order valence-electron chi connectivity index (χ2n) is 3.84. The highest BCUT2D eigenvalue weighted by Crippen LogP contribution is 2.08. The van der Waals surface area contributed by atoms with Crippen molar-refractivity contribution in [2.75, 3.05) is 13.2 Å². The van der Waals surface area contributed by atoms with Crippen molar-refractivity contribution >= 4 is 0 Å². The number of hydrogen-bond donors (Lipinski definition) is 2. The van der Waals surface area contributed by atoms with Gasteiger partial charge in [-0.25, -0.2) is 0 Å². The van der Waals surface area contributed by atoms with Crippen LogP contribution in [0.15, 0.2) is 30.3 Å². The van der Waals surface area contributed by atoms with Crippen LogP contribution < -0.4 is 10.1 Å². The van der Waals surface area contributed by atoms with E-state index in [0.29, 0.717) is 19.2 Å². The highest BCUT2D eigenvalue weighted by atomic mass is 16.5. The predicted octanol–water partition coefficient (Wildman–Crippen LogP) is 1.42. The molecule has 3 heteroatoms. The van der Waals surface area contributed by atoms with Crippen LogP contribution >= 0.6 is 0 Å². The fourth-order valence-electron chi connectivity index (χ4n) is 1.14. The Bertz CT molecular complexity index is 262. The molecule has 0 unspecified atom stereocenters. The van der Waals surface area contributed by atoms with Crippen LogP contribution in [-0.4, -0.2) is 30.4 Å². The van der Waals surface area contributed by atoms with Crippen molar-refractivity contribution in [1.82, 2.24) is 5.32 Å². The van der Waals surface area contributed by atoms with E-state index in [2.05, 4.69) is 5.32 Å². The van der Waals surface area contributed by atoms with Gasteiger partial charge >= 0.3 is 0 Å². The first-order chi connectivity index (χ1) is 7.18. The van der Waals surface area contributed by atoms with Gasteiger partial charge in [0.2, 0.25) is 0 Å². The minimum absolute atomic E-state index is 0.323. The Labute approximate surface area is 91.1 Å². The summed E-state index contributed by atoms with van der Waals surface area (Å²) in [7, 11) is 0. The van der Waals surface area contributed by atoms with E-state index in [0.717, 1.165) is 5.75 Å². The SMILES string of the molecule is CC(C)NC[C@H](O)COc1ccccc1. The molecule has 1 aromatic carbocycles. The molecule has 2 N–H and O–H groups in total. The number of ether oxygens (including phenoxy) is 1. The van der Waals surface area contributed by atoms with Gasteiger partial charge in [-0.15, -0.1) is 0 Å². The molecule has 0 heterocycles. The van der Waals surface area contributed by atoms with Crippen molar-refractivity contribution in [3.63, 3.8) is 0 Å². The van der Waals surface area contributed by atoms with Gasteiger partial charge in [0, 0.05) is 12.6 Å². The zero-order valence-electron chi connectivity index (χ0n) is 9.31. The summed E-state index contributed by atoms with van der Waals surface area (Å²) in [6.07, 6.45) is -0.465. The normalized spacial score (nSPS) is 12.8. The molecule has 1 atom stereocenters. The largest absolute Gasteiger partial charge is 0.491 e. The molecular formula is C12H19NO2. The maximum absolute atomic E-state index is 9.57. The quantitative estimate of drug-likeness (QED) is 0.744. The van der Waals surface area contributed by atoms with E-state index in [1.165, 1.54) is 0 Å². The third-order valence-corrected chi connectivity index (χ3v) is 1.95. The van der Waals surface area contributed by atoms with E-state index in [-0.39, 0.29) is 0 Å². The highest BCUT2D eigenvalue weighted by Gasteiger charge is 2.05. The molecular weight excluding hydrogens is 190 g/mol. The summed E-state index contributed by atoms with van der Waals surface area (Å²) in [5.74, 6) is 0.793. The molecule has 0 bridgehead atoms. The second kappa shape index (κ2) is 6.43. The van der Waals surface area contributed by atoms with Crippen molar-refractivity contribution < 1.29 is 9.84 Å². The first-order valence-electron chi connectivity index (χ1n) is 5.28. The zero-order chi connectivity index (χ0) is 11.1. The van der Waals surface area contributed by atoms with Crippen LogP contribution in [0.1, 0.15) is 13.8 Å². The zero-order valence-corrected chi connectivity index (χ0v) is 9.31.